The first-order valence-corrected chi connectivity index (χ1v) is 11.3. The summed E-state index contributed by atoms with van der Waals surface area (Å²) in [5.74, 6) is 0. The van der Waals surface area contributed by atoms with Gasteiger partial charge >= 0.3 is 0 Å². The normalized spacial score (nSPS) is 11.6. The molecule has 0 aliphatic heterocycles. The van der Waals surface area contributed by atoms with Crippen molar-refractivity contribution < 1.29 is 4.42 Å². The van der Waals surface area contributed by atoms with Gasteiger partial charge in [-0.15, -0.1) is 0 Å². The average molecular weight is 421 g/mol. The van der Waals surface area contributed by atoms with Gasteiger partial charge in [-0.2, -0.15) is 0 Å². The smallest absolute Gasteiger partial charge is 0.143 e. The van der Waals surface area contributed by atoms with Crippen LogP contribution in [-0.4, -0.2) is 0 Å². The molecule has 0 spiro atoms. The first-order chi connectivity index (χ1) is 16.4. The van der Waals surface area contributed by atoms with Crippen LogP contribution in [0.15, 0.2) is 126 Å². The van der Waals surface area contributed by atoms with Gasteiger partial charge in [0.1, 0.15) is 11.2 Å². The number of benzene rings is 6. The second-order valence-corrected chi connectivity index (χ2v) is 8.52. The molecule has 1 heteroatoms. The van der Waals surface area contributed by atoms with Crippen LogP contribution in [0.2, 0.25) is 0 Å². The van der Waals surface area contributed by atoms with E-state index in [1.54, 1.807) is 0 Å². The van der Waals surface area contributed by atoms with Crippen LogP contribution in [0.1, 0.15) is 0 Å². The summed E-state index contributed by atoms with van der Waals surface area (Å²) in [5.41, 5.74) is 6.68. The Kier molecular flexibility index (Phi) is 3.91. The number of hydrogen-bond acceptors (Lipinski definition) is 1. The zero-order chi connectivity index (χ0) is 21.8. The minimum absolute atomic E-state index is 0.932. The molecule has 0 saturated heterocycles. The first-order valence-electron chi connectivity index (χ1n) is 11.3. The summed E-state index contributed by atoms with van der Waals surface area (Å²) >= 11 is 0. The van der Waals surface area contributed by atoms with E-state index in [4.69, 9.17) is 4.42 Å². The van der Waals surface area contributed by atoms with E-state index in [1.807, 2.05) is 0 Å². The Bertz CT molecular complexity index is 1810. The van der Waals surface area contributed by atoms with Crippen molar-refractivity contribution in [1.29, 1.82) is 0 Å². The number of furan rings is 1. The van der Waals surface area contributed by atoms with Crippen LogP contribution >= 0.6 is 0 Å². The Labute approximate surface area is 191 Å². The largest absolute Gasteiger partial charge is 0.455 e. The molecule has 7 rings (SSSR count). The van der Waals surface area contributed by atoms with Crippen LogP contribution in [0.5, 0.6) is 0 Å². The maximum absolute atomic E-state index is 6.51. The maximum Gasteiger partial charge on any atom is 0.143 e. The van der Waals surface area contributed by atoms with E-state index in [0.717, 1.165) is 22.1 Å². The molecule has 0 amide bonds. The van der Waals surface area contributed by atoms with E-state index in [9.17, 15) is 0 Å². The molecule has 154 valence electrons. The molecule has 33 heavy (non-hydrogen) atoms. The minimum atomic E-state index is 0.932. The average Bonchev–Trinajstić information content (AvgIpc) is 3.28. The molecule has 0 bridgehead atoms. The van der Waals surface area contributed by atoms with Crippen molar-refractivity contribution in [2.24, 2.45) is 0 Å². The fourth-order valence-corrected chi connectivity index (χ4v) is 5.18. The summed E-state index contributed by atoms with van der Waals surface area (Å²) in [4.78, 5) is 0. The lowest BCUT2D eigenvalue weighted by Crippen LogP contribution is -1.86. The lowest BCUT2D eigenvalue weighted by atomic mass is 9.91. The molecule has 1 aromatic heterocycles. The van der Waals surface area contributed by atoms with Crippen molar-refractivity contribution in [3.8, 4) is 22.3 Å². The molecule has 6 aromatic carbocycles. The standard InChI is InChI=1S/C32H20O/c1-2-9-21(10-3-1)23-18-19-27(26-14-7-6-13-25(23)26)28-15-8-16-29-31-24-12-5-4-11-22(24)17-20-30(31)33-32(28)29/h1-20H. The fraction of sp³-hybridized carbons (Fsp3) is 0. The summed E-state index contributed by atoms with van der Waals surface area (Å²) in [6.45, 7) is 0. The van der Waals surface area contributed by atoms with Crippen molar-refractivity contribution in [3.63, 3.8) is 0 Å². The lowest BCUT2D eigenvalue weighted by Gasteiger charge is -2.12. The highest BCUT2D eigenvalue weighted by Gasteiger charge is 2.16. The van der Waals surface area contributed by atoms with Crippen LogP contribution in [0.3, 0.4) is 0 Å². The van der Waals surface area contributed by atoms with Gasteiger partial charge < -0.3 is 4.42 Å². The van der Waals surface area contributed by atoms with Gasteiger partial charge in [-0.3, -0.25) is 0 Å². The summed E-state index contributed by atoms with van der Waals surface area (Å²) in [7, 11) is 0. The van der Waals surface area contributed by atoms with E-state index in [-0.39, 0.29) is 0 Å². The van der Waals surface area contributed by atoms with Crippen LogP contribution in [-0.2, 0) is 0 Å². The highest BCUT2D eigenvalue weighted by Crippen LogP contribution is 2.42. The van der Waals surface area contributed by atoms with E-state index in [0.29, 0.717) is 0 Å². The van der Waals surface area contributed by atoms with E-state index >= 15 is 0 Å². The third-order valence-corrected chi connectivity index (χ3v) is 6.69. The Balaban J connectivity index is 1.55. The molecule has 0 saturated carbocycles. The summed E-state index contributed by atoms with van der Waals surface area (Å²) < 4.78 is 6.51. The predicted molar refractivity (Wildman–Crippen MR) is 140 cm³/mol. The SMILES string of the molecule is c1ccc(-c2ccc(-c3cccc4c3oc3ccc5ccccc5c34)c3ccccc23)cc1. The van der Waals surface area contributed by atoms with Gasteiger partial charge in [-0.1, -0.05) is 115 Å². The molecule has 0 N–H and O–H groups in total. The zero-order valence-corrected chi connectivity index (χ0v) is 18.0. The van der Waals surface area contributed by atoms with Crippen molar-refractivity contribution in [2.45, 2.75) is 0 Å². The summed E-state index contributed by atoms with van der Waals surface area (Å²) in [5, 5.41) is 7.30. The second-order valence-electron chi connectivity index (χ2n) is 8.52. The van der Waals surface area contributed by atoms with Gasteiger partial charge in [0.15, 0.2) is 0 Å². The third-order valence-electron chi connectivity index (χ3n) is 6.69. The molecule has 0 fully saturated rings. The monoisotopic (exact) mass is 420 g/mol. The molecule has 7 aromatic rings. The van der Waals surface area contributed by atoms with Crippen LogP contribution in [0, 0.1) is 0 Å². The Morgan fingerprint density at radius 2 is 1.06 bits per heavy atom. The first kappa shape index (κ1) is 18.2. The second kappa shape index (κ2) is 7.08. The van der Waals surface area contributed by atoms with E-state index in [2.05, 4.69) is 121 Å². The van der Waals surface area contributed by atoms with Gasteiger partial charge in [0.05, 0.1) is 0 Å². The highest BCUT2D eigenvalue weighted by molar-refractivity contribution is 6.21. The van der Waals surface area contributed by atoms with E-state index < -0.39 is 0 Å². The molecule has 0 radical (unpaired) electrons. The molecule has 0 unspecified atom stereocenters. The van der Waals surface area contributed by atoms with Gasteiger partial charge in [0, 0.05) is 16.3 Å². The maximum atomic E-state index is 6.51. The fourth-order valence-electron chi connectivity index (χ4n) is 5.18. The highest BCUT2D eigenvalue weighted by atomic mass is 16.3. The quantitative estimate of drug-likeness (QED) is 0.272. The van der Waals surface area contributed by atoms with E-state index in [1.165, 1.54) is 43.6 Å². The van der Waals surface area contributed by atoms with Crippen molar-refractivity contribution in [1.82, 2.24) is 0 Å². The van der Waals surface area contributed by atoms with Crippen LogP contribution < -0.4 is 0 Å². The van der Waals surface area contributed by atoms with Gasteiger partial charge in [0.2, 0.25) is 0 Å². The minimum Gasteiger partial charge on any atom is -0.455 e. The Hall–Kier alpha value is -4.36. The number of hydrogen-bond donors (Lipinski definition) is 0. The zero-order valence-electron chi connectivity index (χ0n) is 18.0. The Morgan fingerprint density at radius 3 is 1.91 bits per heavy atom. The Morgan fingerprint density at radius 1 is 0.394 bits per heavy atom. The predicted octanol–water partition coefficient (Wildman–Crippen LogP) is 9.23. The lowest BCUT2D eigenvalue weighted by molar-refractivity contribution is 0.670. The molecular weight excluding hydrogens is 400 g/mol. The summed E-state index contributed by atoms with van der Waals surface area (Å²) in [6, 6.07) is 43.0. The molecule has 0 atom stereocenters. The number of para-hydroxylation sites is 1. The molecule has 0 aliphatic carbocycles. The molecule has 1 heterocycles. The third kappa shape index (κ3) is 2.73. The molecular formula is C32H20O. The van der Waals surface area contributed by atoms with Crippen LogP contribution in [0.4, 0.5) is 0 Å². The van der Waals surface area contributed by atoms with Crippen molar-refractivity contribution in [2.75, 3.05) is 0 Å². The van der Waals surface area contributed by atoms with Crippen molar-refractivity contribution in [3.05, 3.63) is 121 Å². The molecule has 1 nitrogen and oxygen atoms in total. The van der Waals surface area contributed by atoms with Gasteiger partial charge in [-0.05, 0) is 44.3 Å². The molecule has 0 aliphatic rings. The van der Waals surface area contributed by atoms with Gasteiger partial charge in [0.25, 0.3) is 0 Å². The van der Waals surface area contributed by atoms with Gasteiger partial charge in [-0.25, -0.2) is 0 Å². The topological polar surface area (TPSA) is 13.1 Å². The number of rotatable bonds is 2. The summed E-state index contributed by atoms with van der Waals surface area (Å²) in [6.07, 6.45) is 0. The van der Waals surface area contributed by atoms with Crippen molar-refractivity contribution >= 4 is 43.5 Å². The number of fused-ring (bicyclic) bond motifs is 6. The van der Waals surface area contributed by atoms with Crippen LogP contribution in [0.25, 0.3) is 65.7 Å².